The molecule has 0 spiro atoms. The van der Waals surface area contributed by atoms with E-state index < -0.39 is 11.9 Å². The zero-order valence-corrected chi connectivity index (χ0v) is 14.7. The molecule has 25 heavy (non-hydrogen) atoms. The number of rotatable bonds is 7. The van der Waals surface area contributed by atoms with E-state index in [0.29, 0.717) is 17.8 Å². The van der Waals surface area contributed by atoms with Crippen LogP contribution in [0.3, 0.4) is 0 Å². The van der Waals surface area contributed by atoms with E-state index in [-0.39, 0.29) is 24.8 Å². The van der Waals surface area contributed by atoms with Gasteiger partial charge in [0.2, 0.25) is 12.0 Å². The number of halogens is 1. The van der Waals surface area contributed by atoms with Crippen LogP contribution in [0.1, 0.15) is 12.0 Å². The van der Waals surface area contributed by atoms with E-state index >= 15 is 0 Å². The first-order chi connectivity index (χ1) is 11.9. The highest BCUT2D eigenvalue weighted by Crippen LogP contribution is 2.20. The first-order valence-corrected chi connectivity index (χ1v) is 8.02. The molecule has 0 fully saturated rings. The minimum atomic E-state index is -0.839. The van der Waals surface area contributed by atoms with Gasteiger partial charge in [0.1, 0.15) is 5.82 Å². The molecule has 1 aliphatic heterocycles. The summed E-state index contributed by atoms with van der Waals surface area (Å²) in [5.74, 6) is -1.02. The topological polar surface area (TPSA) is 74.2 Å². The Labute approximate surface area is 146 Å². The molecule has 0 radical (unpaired) electrons. The second-order valence-corrected chi connectivity index (χ2v) is 6.16. The zero-order valence-electron chi connectivity index (χ0n) is 14.7. The van der Waals surface area contributed by atoms with Crippen LogP contribution in [0.5, 0.6) is 0 Å². The van der Waals surface area contributed by atoms with Crippen LogP contribution in [0.4, 0.5) is 4.39 Å². The minimum Gasteiger partial charge on any atom is -0.382 e. The fraction of sp³-hybridized carbons (Fsp3) is 0.471. The Bertz CT molecular complexity index is 663. The number of carbonyl (C=O) groups is 2. The van der Waals surface area contributed by atoms with Crippen molar-refractivity contribution in [1.82, 2.24) is 15.1 Å². The van der Waals surface area contributed by atoms with Crippen LogP contribution in [0.15, 0.2) is 29.4 Å². The normalized spacial score (nSPS) is 16.4. The van der Waals surface area contributed by atoms with Crippen molar-refractivity contribution in [2.75, 3.05) is 40.8 Å². The average Bonchev–Trinajstić information content (AvgIpc) is 3.03. The van der Waals surface area contributed by atoms with Gasteiger partial charge in [0.25, 0.3) is 5.91 Å². The SMILES string of the molecule is CN(C)CCNC(=O)CN(C)C(=O)C1CC(c2ccccc2F)=NO1. The molecular formula is C17H23FN4O3. The highest BCUT2D eigenvalue weighted by molar-refractivity contribution is 6.04. The summed E-state index contributed by atoms with van der Waals surface area (Å²) in [6, 6.07) is 6.20. The second-order valence-electron chi connectivity index (χ2n) is 6.16. The number of nitrogens with zero attached hydrogens (tertiary/aromatic N) is 3. The number of carbonyl (C=O) groups excluding carboxylic acids is 2. The quantitative estimate of drug-likeness (QED) is 0.775. The summed E-state index contributed by atoms with van der Waals surface area (Å²) >= 11 is 0. The van der Waals surface area contributed by atoms with Gasteiger partial charge >= 0.3 is 0 Å². The molecule has 1 N–H and O–H groups in total. The monoisotopic (exact) mass is 350 g/mol. The Morgan fingerprint density at radius 1 is 1.32 bits per heavy atom. The molecule has 1 aliphatic rings. The number of hydrogen-bond acceptors (Lipinski definition) is 5. The van der Waals surface area contributed by atoms with Crippen LogP contribution >= 0.6 is 0 Å². The Balaban J connectivity index is 1.83. The van der Waals surface area contributed by atoms with E-state index in [1.165, 1.54) is 18.0 Å². The predicted octanol–water partition coefficient (Wildman–Crippen LogP) is 0.455. The van der Waals surface area contributed by atoms with Gasteiger partial charge in [-0.1, -0.05) is 23.4 Å². The molecule has 7 nitrogen and oxygen atoms in total. The third-order valence-electron chi connectivity index (χ3n) is 3.77. The number of oxime groups is 1. The summed E-state index contributed by atoms with van der Waals surface area (Å²) < 4.78 is 13.8. The molecule has 1 atom stereocenters. The number of hydrogen-bond donors (Lipinski definition) is 1. The second kappa shape index (κ2) is 8.57. The lowest BCUT2D eigenvalue weighted by molar-refractivity contribution is -0.143. The van der Waals surface area contributed by atoms with E-state index in [0.717, 1.165) is 6.54 Å². The van der Waals surface area contributed by atoms with Crippen LogP contribution in [0.2, 0.25) is 0 Å². The van der Waals surface area contributed by atoms with Gasteiger partial charge in [-0.25, -0.2) is 4.39 Å². The van der Waals surface area contributed by atoms with Gasteiger partial charge < -0.3 is 20.0 Å². The first-order valence-electron chi connectivity index (χ1n) is 8.02. The lowest BCUT2D eigenvalue weighted by atomic mass is 10.0. The fourth-order valence-electron chi connectivity index (χ4n) is 2.38. The third-order valence-corrected chi connectivity index (χ3v) is 3.77. The largest absolute Gasteiger partial charge is 0.382 e. The number of nitrogens with one attached hydrogen (secondary N) is 1. The molecule has 136 valence electrons. The van der Waals surface area contributed by atoms with Crippen molar-refractivity contribution in [2.45, 2.75) is 12.5 Å². The molecular weight excluding hydrogens is 327 g/mol. The van der Waals surface area contributed by atoms with Crippen LogP contribution < -0.4 is 5.32 Å². The van der Waals surface area contributed by atoms with Gasteiger partial charge in [-0.05, 0) is 20.2 Å². The van der Waals surface area contributed by atoms with Gasteiger partial charge in [-0.3, -0.25) is 9.59 Å². The van der Waals surface area contributed by atoms with Crippen molar-refractivity contribution in [3.8, 4) is 0 Å². The van der Waals surface area contributed by atoms with Crippen molar-refractivity contribution >= 4 is 17.5 Å². The summed E-state index contributed by atoms with van der Waals surface area (Å²) in [6.07, 6.45) is -0.666. The molecule has 1 heterocycles. The van der Waals surface area contributed by atoms with Gasteiger partial charge in [0.15, 0.2) is 0 Å². The Hall–Kier alpha value is -2.48. The van der Waals surface area contributed by atoms with Crippen molar-refractivity contribution in [3.05, 3.63) is 35.6 Å². The van der Waals surface area contributed by atoms with E-state index in [4.69, 9.17) is 4.84 Å². The van der Waals surface area contributed by atoms with Crippen LogP contribution in [0, 0.1) is 5.82 Å². The lowest BCUT2D eigenvalue weighted by Crippen LogP contribution is -2.44. The van der Waals surface area contributed by atoms with Gasteiger partial charge in [-0.2, -0.15) is 0 Å². The minimum absolute atomic E-state index is 0.0683. The molecule has 1 aromatic rings. The van der Waals surface area contributed by atoms with Crippen LogP contribution in [0.25, 0.3) is 0 Å². The molecule has 2 rings (SSSR count). The van der Waals surface area contributed by atoms with Crippen molar-refractivity contribution in [2.24, 2.45) is 5.16 Å². The molecule has 0 aliphatic carbocycles. The van der Waals surface area contributed by atoms with E-state index in [1.807, 2.05) is 19.0 Å². The molecule has 0 aromatic heterocycles. The Morgan fingerprint density at radius 3 is 2.72 bits per heavy atom. The molecule has 8 heteroatoms. The predicted molar refractivity (Wildman–Crippen MR) is 91.6 cm³/mol. The summed E-state index contributed by atoms with van der Waals surface area (Å²) in [6.45, 7) is 1.16. The maximum absolute atomic E-state index is 13.8. The maximum atomic E-state index is 13.8. The molecule has 0 bridgehead atoms. The highest BCUT2D eigenvalue weighted by Gasteiger charge is 2.32. The fourth-order valence-corrected chi connectivity index (χ4v) is 2.38. The zero-order chi connectivity index (χ0) is 18.4. The Kier molecular flexibility index (Phi) is 6.46. The van der Waals surface area contributed by atoms with Crippen molar-refractivity contribution in [3.63, 3.8) is 0 Å². The molecule has 1 aromatic carbocycles. The molecule has 0 saturated heterocycles. The lowest BCUT2D eigenvalue weighted by Gasteiger charge is -2.19. The van der Waals surface area contributed by atoms with E-state index in [9.17, 15) is 14.0 Å². The van der Waals surface area contributed by atoms with Crippen molar-refractivity contribution < 1.29 is 18.8 Å². The Morgan fingerprint density at radius 2 is 2.04 bits per heavy atom. The standard InChI is InChI=1S/C17H23FN4O3/c1-21(2)9-8-19-16(23)11-22(3)17(24)15-10-14(20-25-15)12-6-4-5-7-13(12)18/h4-7,15H,8-11H2,1-3H3,(H,19,23). The summed E-state index contributed by atoms with van der Waals surface area (Å²) in [7, 11) is 5.34. The third kappa shape index (κ3) is 5.25. The molecule has 2 amide bonds. The molecule has 1 unspecified atom stereocenters. The van der Waals surface area contributed by atoms with Gasteiger partial charge in [0, 0.05) is 32.1 Å². The van der Waals surface area contributed by atoms with Crippen LogP contribution in [-0.2, 0) is 14.4 Å². The number of benzene rings is 1. The average molecular weight is 350 g/mol. The van der Waals surface area contributed by atoms with E-state index in [2.05, 4.69) is 10.5 Å². The first kappa shape index (κ1) is 18.9. The van der Waals surface area contributed by atoms with Gasteiger partial charge in [0.05, 0.1) is 12.3 Å². The summed E-state index contributed by atoms with van der Waals surface area (Å²) in [5.41, 5.74) is 0.710. The highest BCUT2D eigenvalue weighted by atomic mass is 19.1. The van der Waals surface area contributed by atoms with Gasteiger partial charge in [-0.15, -0.1) is 0 Å². The molecule has 0 saturated carbocycles. The van der Waals surface area contributed by atoms with Crippen molar-refractivity contribution in [1.29, 1.82) is 0 Å². The van der Waals surface area contributed by atoms with E-state index in [1.54, 1.807) is 18.2 Å². The van der Waals surface area contributed by atoms with Crippen LogP contribution in [-0.4, -0.2) is 74.2 Å². The maximum Gasteiger partial charge on any atom is 0.267 e. The number of amides is 2. The number of likely N-dealkylation sites (N-methyl/N-ethyl adjacent to an activating group) is 2. The smallest absolute Gasteiger partial charge is 0.267 e. The summed E-state index contributed by atoms with van der Waals surface area (Å²) in [4.78, 5) is 32.6. The summed E-state index contributed by atoms with van der Waals surface area (Å²) in [5, 5.41) is 6.56.